The molecule has 1 aliphatic rings. The van der Waals surface area contributed by atoms with E-state index in [1.165, 1.54) is 7.11 Å². The van der Waals surface area contributed by atoms with E-state index in [-0.39, 0.29) is 17.6 Å². The molecule has 2 N–H and O–H groups in total. The first kappa shape index (κ1) is 20.0. The van der Waals surface area contributed by atoms with Crippen LogP contribution >= 0.6 is 11.6 Å². The first-order chi connectivity index (χ1) is 15.0. The number of hydrogen-bond acceptors (Lipinski definition) is 6. The second-order valence-electron chi connectivity index (χ2n) is 7.83. The van der Waals surface area contributed by atoms with E-state index in [0.29, 0.717) is 27.4 Å². The van der Waals surface area contributed by atoms with Crippen molar-refractivity contribution in [3.8, 4) is 17.1 Å². The zero-order chi connectivity index (χ0) is 21.7. The van der Waals surface area contributed by atoms with Crippen LogP contribution in [0, 0.1) is 12.7 Å². The summed E-state index contributed by atoms with van der Waals surface area (Å²) in [6, 6.07) is 5.89. The van der Waals surface area contributed by atoms with Crippen molar-refractivity contribution in [1.82, 2.24) is 25.5 Å². The van der Waals surface area contributed by atoms with Crippen LogP contribution in [0.3, 0.4) is 0 Å². The van der Waals surface area contributed by atoms with Gasteiger partial charge in [-0.05, 0) is 37.6 Å². The number of likely N-dealkylation sites (N-methyl/N-ethyl adjacent to an activating group) is 1. The summed E-state index contributed by atoms with van der Waals surface area (Å²) in [5.74, 6) is 0.178. The van der Waals surface area contributed by atoms with E-state index < -0.39 is 5.82 Å². The molecule has 1 fully saturated rings. The third-order valence-corrected chi connectivity index (χ3v) is 6.49. The highest BCUT2D eigenvalue weighted by Gasteiger charge is 2.25. The molecule has 1 saturated heterocycles. The number of aromatic nitrogens is 4. The van der Waals surface area contributed by atoms with Crippen molar-refractivity contribution in [2.45, 2.75) is 19.4 Å². The van der Waals surface area contributed by atoms with E-state index in [1.54, 1.807) is 12.3 Å². The Morgan fingerprint density at radius 3 is 2.84 bits per heavy atom. The lowest BCUT2D eigenvalue weighted by atomic mass is 9.97. The van der Waals surface area contributed by atoms with Gasteiger partial charge in [0, 0.05) is 41.5 Å². The Labute approximate surface area is 183 Å². The molecule has 2 aromatic heterocycles. The summed E-state index contributed by atoms with van der Waals surface area (Å²) >= 11 is 6.63. The molecular weight excluding hydrogens is 419 g/mol. The van der Waals surface area contributed by atoms with Crippen molar-refractivity contribution in [3.05, 3.63) is 40.8 Å². The fourth-order valence-corrected chi connectivity index (χ4v) is 4.54. The number of nitrogens with one attached hydrogen (secondary N) is 2. The number of nitrogens with zero attached hydrogens (tertiary/aromatic N) is 4. The van der Waals surface area contributed by atoms with Crippen molar-refractivity contribution in [1.29, 1.82) is 0 Å². The number of aromatic amines is 1. The van der Waals surface area contributed by atoms with Crippen molar-refractivity contribution in [2.75, 3.05) is 32.1 Å². The van der Waals surface area contributed by atoms with Gasteiger partial charge in [0.1, 0.15) is 11.3 Å². The molecule has 5 rings (SSSR count). The molecule has 4 aromatic rings. The molecule has 3 heterocycles. The van der Waals surface area contributed by atoms with Gasteiger partial charge >= 0.3 is 6.01 Å². The van der Waals surface area contributed by atoms with Gasteiger partial charge in [-0.25, -0.2) is 4.39 Å². The molecule has 0 spiro atoms. The number of rotatable bonds is 4. The summed E-state index contributed by atoms with van der Waals surface area (Å²) in [5, 5.41) is 12.3. The Bertz CT molecular complexity index is 1300. The summed E-state index contributed by atoms with van der Waals surface area (Å²) in [5.41, 5.74) is 2.79. The van der Waals surface area contributed by atoms with Crippen LogP contribution in [-0.4, -0.2) is 53.5 Å². The number of aryl methyl sites for hydroxylation is 1. The Hall–Kier alpha value is -2.97. The largest absolute Gasteiger partial charge is 0.467 e. The smallest absolute Gasteiger partial charge is 0.318 e. The summed E-state index contributed by atoms with van der Waals surface area (Å²) in [6.45, 7) is 3.68. The van der Waals surface area contributed by atoms with Gasteiger partial charge in [0.2, 0.25) is 0 Å². The van der Waals surface area contributed by atoms with Crippen LogP contribution in [-0.2, 0) is 0 Å². The van der Waals surface area contributed by atoms with Gasteiger partial charge in [-0.1, -0.05) is 17.7 Å². The number of benzene rings is 2. The molecule has 2 aromatic carbocycles. The zero-order valence-corrected chi connectivity index (χ0v) is 18.2. The summed E-state index contributed by atoms with van der Waals surface area (Å²) in [6.07, 6.45) is 2.65. The third kappa shape index (κ3) is 3.18. The maximum absolute atomic E-state index is 16.0. The molecule has 0 radical (unpaired) electrons. The zero-order valence-electron chi connectivity index (χ0n) is 17.5. The Morgan fingerprint density at radius 1 is 1.26 bits per heavy atom. The minimum Gasteiger partial charge on any atom is -0.467 e. The number of ether oxygens (including phenoxy) is 1. The van der Waals surface area contributed by atoms with Gasteiger partial charge in [0.05, 0.1) is 23.8 Å². The number of halogens is 2. The van der Waals surface area contributed by atoms with E-state index in [2.05, 4.69) is 30.4 Å². The highest BCUT2D eigenvalue weighted by Crippen LogP contribution is 2.41. The highest BCUT2D eigenvalue weighted by molar-refractivity contribution is 6.36. The monoisotopic (exact) mass is 440 g/mol. The van der Waals surface area contributed by atoms with Gasteiger partial charge < -0.3 is 15.0 Å². The van der Waals surface area contributed by atoms with Crippen molar-refractivity contribution >= 4 is 39.2 Å². The molecule has 0 amide bonds. The first-order valence-electron chi connectivity index (χ1n) is 10.1. The number of hydrogen-bond donors (Lipinski definition) is 2. The predicted octanol–water partition coefficient (Wildman–Crippen LogP) is 4.08. The van der Waals surface area contributed by atoms with Gasteiger partial charge in [-0.15, -0.1) is 0 Å². The maximum Gasteiger partial charge on any atom is 0.318 e. The third-order valence-electron chi connectivity index (χ3n) is 6.00. The van der Waals surface area contributed by atoms with Crippen LogP contribution in [0.1, 0.15) is 12.0 Å². The lowest BCUT2D eigenvalue weighted by Gasteiger charge is -2.26. The van der Waals surface area contributed by atoms with Crippen LogP contribution < -0.4 is 15.0 Å². The van der Waals surface area contributed by atoms with Crippen LogP contribution in [0.4, 0.5) is 10.2 Å². The van der Waals surface area contributed by atoms with E-state index in [1.807, 2.05) is 26.1 Å². The normalized spacial score (nSPS) is 16.4. The summed E-state index contributed by atoms with van der Waals surface area (Å²) in [7, 11) is 3.45. The highest BCUT2D eigenvalue weighted by atomic mass is 35.5. The standard InChI is InChI=1S/C22H22ClFN6O/c1-11-8-16-15(10-26-29-16)17(18(11)23)13-4-5-14-20(19(13)24)27-22(31-3)28-21(14)30(2)12-6-7-25-9-12/h4-5,8,10,12,25H,6-7,9H2,1-3H3,(H,26,29). The van der Waals surface area contributed by atoms with Crippen molar-refractivity contribution in [2.24, 2.45) is 0 Å². The van der Waals surface area contributed by atoms with Gasteiger partial charge in [0.15, 0.2) is 5.82 Å². The SMILES string of the molecule is COc1nc(N(C)C2CCNC2)c2ccc(-c3c(Cl)c(C)cc4[nH]ncc34)c(F)c2n1. The molecule has 1 aliphatic heterocycles. The second-order valence-corrected chi connectivity index (χ2v) is 8.21. The average Bonchev–Trinajstić information content (AvgIpc) is 3.47. The van der Waals surface area contributed by atoms with E-state index >= 15 is 4.39 Å². The lowest BCUT2D eigenvalue weighted by Crippen LogP contribution is -2.34. The van der Waals surface area contributed by atoms with Crippen LogP contribution in [0.25, 0.3) is 32.9 Å². The van der Waals surface area contributed by atoms with Gasteiger partial charge in [0.25, 0.3) is 0 Å². The Balaban J connectivity index is 1.76. The maximum atomic E-state index is 16.0. The minimum absolute atomic E-state index is 0.125. The number of methoxy groups -OCH3 is 1. The Morgan fingerprint density at radius 2 is 2.10 bits per heavy atom. The number of fused-ring (bicyclic) bond motifs is 2. The molecule has 31 heavy (non-hydrogen) atoms. The summed E-state index contributed by atoms with van der Waals surface area (Å²) in [4.78, 5) is 11.0. The molecular formula is C22H22ClFN6O. The molecule has 9 heteroatoms. The van der Waals surface area contributed by atoms with Crippen LogP contribution in [0.15, 0.2) is 24.4 Å². The quantitative estimate of drug-likeness (QED) is 0.498. The van der Waals surface area contributed by atoms with Crippen LogP contribution in [0.2, 0.25) is 5.02 Å². The molecule has 160 valence electrons. The van der Waals surface area contributed by atoms with E-state index in [0.717, 1.165) is 36.0 Å². The van der Waals surface area contributed by atoms with Gasteiger partial charge in [-0.3, -0.25) is 5.10 Å². The molecule has 7 nitrogen and oxygen atoms in total. The minimum atomic E-state index is -0.465. The lowest BCUT2D eigenvalue weighted by molar-refractivity contribution is 0.381. The number of anilines is 1. The van der Waals surface area contributed by atoms with Crippen LogP contribution in [0.5, 0.6) is 6.01 Å². The van der Waals surface area contributed by atoms with E-state index in [9.17, 15) is 0 Å². The second kappa shape index (κ2) is 7.62. The first-order valence-corrected chi connectivity index (χ1v) is 10.5. The van der Waals surface area contributed by atoms with E-state index in [4.69, 9.17) is 16.3 Å². The fourth-order valence-electron chi connectivity index (χ4n) is 4.29. The molecule has 0 saturated carbocycles. The molecule has 1 atom stereocenters. The molecule has 0 bridgehead atoms. The van der Waals surface area contributed by atoms with Crippen molar-refractivity contribution in [3.63, 3.8) is 0 Å². The van der Waals surface area contributed by atoms with Crippen molar-refractivity contribution < 1.29 is 9.13 Å². The Kier molecular flexibility index (Phi) is 4.91. The topological polar surface area (TPSA) is 79.0 Å². The fraction of sp³-hybridized carbons (Fsp3) is 0.318. The molecule has 0 aliphatic carbocycles. The predicted molar refractivity (Wildman–Crippen MR) is 121 cm³/mol. The average molecular weight is 441 g/mol. The summed E-state index contributed by atoms with van der Waals surface area (Å²) < 4.78 is 21.3. The van der Waals surface area contributed by atoms with Gasteiger partial charge in [-0.2, -0.15) is 15.1 Å². The molecule has 1 unspecified atom stereocenters. The number of H-pyrrole nitrogens is 1.